The molecule has 2 N–H and O–H groups in total. The molecule has 2 aliphatic rings. The number of nitrogens with one attached hydrogen (secondary N) is 2. The van der Waals surface area contributed by atoms with E-state index in [2.05, 4.69) is 10.6 Å². The van der Waals surface area contributed by atoms with E-state index in [1.165, 1.54) is 9.80 Å². The Kier molecular flexibility index (Phi) is 9.85. The van der Waals surface area contributed by atoms with Crippen molar-refractivity contribution >= 4 is 33.7 Å². The molecule has 0 bridgehead atoms. The highest BCUT2D eigenvalue weighted by Crippen LogP contribution is 2.24. The van der Waals surface area contributed by atoms with Gasteiger partial charge in [0.2, 0.25) is 9.84 Å². The molecule has 0 fully saturated rings. The molecule has 0 radical (unpaired) electrons. The average molecular weight is 607 g/mol. The van der Waals surface area contributed by atoms with Crippen LogP contribution in [0.3, 0.4) is 0 Å². The van der Waals surface area contributed by atoms with Crippen molar-refractivity contribution in [1.82, 2.24) is 20.4 Å². The molecule has 11 heteroatoms. The Morgan fingerprint density at radius 2 is 1.02 bits per heavy atom. The zero-order valence-electron chi connectivity index (χ0n) is 25.0. The minimum atomic E-state index is -3.74. The van der Waals surface area contributed by atoms with Crippen LogP contribution >= 0.6 is 0 Å². The van der Waals surface area contributed by atoms with Crippen molar-refractivity contribution in [1.29, 1.82) is 0 Å². The van der Waals surface area contributed by atoms with Crippen LogP contribution in [0.15, 0.2) is 80.6 Å². The summed E-state index contributed by atoms with van der Waals surface area (Å²) in [6.07, 6.45) is 2.14. The Morgan fingerprint density at radius 3 is 1.33 bits per heavy atom. The van der Waals surface area contributed by atoms with Gasteiger partial charge in [-0.15, -0.1) is 0 Å². The summed E-state index contributed by atoms with van der Waals surface area (Å²) in [4.78, 5) is 52.4. The number of carbonyl (C=O) groups excluding carboxylic acids is 4. The van der Waals surface area contributed by atoms with Gasteiger partial charge in [-0.2, -0.15) is 0 Å². The number of nitrogens with zero attached hydrogens (tertiary/aromatic N) is 2. The quantitative estimate of drug-likeness (QED) is 0.417. The van der Waals surface area contributed by atoms with E-state index < -0.39 is 21.9 Å². The fraction of sp³-hybridized carbons (Fsp3) is 0.375. The Morgan fingerprint density at radius 1 is 0.674 bits per heavy atom. The standard InChI is InChI=1S/C32H38N4O6S/c1-5-27-21(3)19-35(29(27)37)31(39)33-17-15-23-7-11-25(12-8-23)43(41,42)26-13-9-24(10-14-26)16-18-34-32(40)36-20-22(4)28(6-2)30(36)38/h7-14H,5-6,15-20H2,1-4H3,(H,33,39)(H,34,40). The summed E-state index contributed by atoms with van der Waals surface area (Å²) >= 11 is 0. The topological polar surface area (TPSA) is 133 Å². The summed E-state index contributed by atoms with van der Waals surface area (Å²) < 4.78 is 26.4. The van der Waals surface area contributed by atoms with Crippen LogP contribution in [0.25, 0.3) is 0 Å². The summed E-state index contributed by atoms with van der Waals surface area (Å²) in [5.74, 6) is -0.499. The van der Waals surface area contributed by atoms with E-state index in [0.717, 1.165) is 22.3 Å². The van der Waals surface area contributed by atoms with Gasteiger partial charge in [-0.1, -0.05) is 38.1 Å². The monoisotopic (exact) mass is 606 g/mol. The summed E-state index contributed by atoms with van der Waals surface area (Å²) in [5.41, 5.74) is 4.88. The van der Waals surface area contributed by atoms with E-state index in [4.69, 9.17) is 0 Å². The molecule has 0 atom stereocenters. The summed E-state index contributed by atoms with van der Waals surface area (Å²) in [5, 5.41) is 5.53. The molecule has 10 nitrogen and oxygen atoms in total. The lowest BCUT2D eigenvalue weighted by molar-refractivity contribution is -0.123. The second-order valence-corrected chi connectivity index (χ2v) is 12.7. The maximum absolute atomic E-state index is 13.2. The molecule has 0 unspecified atom stereocenters. The SMILES string of the molecule is CCC1=C(C)CN(C(=O)NCCc2ccc(S(=O)(=O)c3ccc(CCNC(=O)N4CC(C)=C(CC)C4=O)cc3)cc2)C1=O. The number of urea groups is 2. The van der Waals surface area contributed by atoms with Gasteiger partial charge in [-0.25, -0.2) is 18.0 Å². The van der Waals surface area contributed by atoms with E-state index in [1.54, 1.807) is 48.5 Å². The van der Waals surface area contributed by atoms with Crippen molar-refractivity contribution in [3.63, 3.8) is 0 Å². The Labute approximate surface area is 252 Å². The van der Waals surface area contributed by atoms with E-state index >= 15 is 0 Å². The smallest absolute Gasteiger partial charge is 0.324 e. The van der Waals surface area contributed by atoms with Gasteiger partial charge < -0.3 is 10.6 Å². The predicted molar refractivity (Wildman–Crippen MR) is 162 cm³/mol. The molecule has 2 heterocycles. The molecule has 0 saturated heterocycles. The molecule has 0 spiro atoms. The van der Waals surface area contributed by atoms with Gasteiger partial charge in [0.25, 0.3) is 11.8 Å². The predicted octanol–water partition coefficient (Wildman–Crippen LogP) is 4.16. The van der Waals surface area contributed by atoms with E-state index in [0.29, 0.717) is 63.0 Å². The molecule has 43 heavy (non-hydrogen) atoms. The molecular weight excluding hydrogens is 568 g/mol. The summed E-state index contributed by atoms with van der Waals surface area (Å²) in [7, 11) is -3.74. The number of rotatable bonds is 10. The van der Waals surface area contributed by atoms with Crippen LogP contribution in [0.5, 0.6) is 0 Å². The number of hydrogen-bond acceptors (Lipinski definition) is 6. The van der Waals surface area contributed by atoms with Crippen LogP contribution in [0.4, 0.5) is 9.59 Å². The van der Waals surface area contributed by atoms with Crippen molar-refractivity contribution in [3.8, 4) is 0 Å². The molecule has 0 aliphatic carbocycles. The largest absolute Gasteiger partial charge is 0.337 e. The van der Waals surface area contributed by atoms with Crippen molar-refractivity contribution < 1.29 is 27.6 Å². The van der Waals surface area contributed by atoms with E-state index in [9.17, 15) is 27.6 Å². The number of benzene rings is 2. The molecule has 2 aromatic carbocycles. The van der Waals surface area contributed by atoms with E-state index in [1.807, 2.05) is 27.7 Å². The van der Waals surface area contributed by atoms with E-state index in [-0.39, 0.29) is 21.6 Å². The maximum atomic E-state index is 13.2. The first-order valence-corrected chi connectivity index (χ1v) is 16.0. The van der Waals surface area contributed by atoms with Gasteiger partial charge in [-0.3, -0.25) is 19.4 Å². The highest BCUT2D eigenvalue weighted by Gasteiger charge is 2.32. The molecular formula is C32H38N4O6S. The van der Waals surface area contributed by atoms with Crippen molar-refractivity contribution in [2.75, 3.05) is 26.2 Å². The summed E-state index contributed by atoms with van der Waals surface area (Å²) in [6.45, 7) is 8.72. The minimum Gasteiger partial charge on any atom is -0.337 e. The first-order valence-electron chi connectivity index (χ1n) is 14.5. The number of sulfone groups is 1. The molecule has 228 valence electrons. The average Bonchev–Trinajstić information content (AvgIpc) is 3.45. The molecule has 4 rings (SSSR count). The molecule has 6 amide bonds. The lowest BCUT2D eigenvalue weighted by Crippen LogP contribution is -2.42. The van der Waals surface area contributed by atoms with Crippen molar-refractivity contribution in [3.05, 3.63) is 82.0 Å². The van der Waals surface area contributed by atoms with Crippen LogP contribution < -0.4 is 10.6 Å². The number of imide groups is 2. The Balaban J connectivity index is 1.25. The Hall–Kier alpha value is -4.25. The lowest BCUT2D eigenvalue weighted by Gasteiger charge is -2.16. The normalized spacial score (nSPS) is 15.5. The first-order chi connectivity index (χ1) is 20.5. The van der Waals surface area contributed by atoms with Crippen LogP contribution in [-0.2, 0) is 32.3 Å². The third kappa shape index (κ3) is 6.88. The first kappa shape index (κ1) is 31.7. The summed E-state index contributed by atoms with van der Waals surface area (Å²) in [6, 6.07) is 12.2. The third-order valence-corrected chi connectivity index (χ3v) is 9.66. The molecule has 0 aromatic heterocycles. The maximum Gasteiger partial charge on any atom is 0.324 e. The van der Waals surface area contributed by atoms with Gasteiger partial charge in [0.05, 0.1) is 22.9 Å². The Bertz CT molecular complexity index is 1480. The van der Waals surface area contributed by atoms with Crippen LogP contribution in [-0.4, -0.2) is 68.3 Å². The van der Waals surface area contributed by atoms with Crippen LogP contribution in [0.2, 0.25) is 0 Å². The highest BCUT2D eigenvalue weighted by molar-refractivity contribution is 7.91. The van der Waals surface area contributed by atoms with Crippen LogP contribution in [0.1, 0.15) is 51.7 Å². The van der Waals surface area contributed by atoms with Gasteiger partial charge in [0.15, 0.2) is 0 Å². The van der Waals surface area contributed by atoms with Crippen molar-refractivity contribution in [2.45, 2.75) is 63.2 Å². The second kappa shape index (κ2) is 13.4. The zero-order valence-corrected chi connectivity index (χ0v) is 25.8. The molecule has 0 saturated carbocycles. The number of amides is 6. The molecule has 2 aliphatic heterocycles. The minimum absolute atomic E-state index is 0.155. The number of carbonyl (C=O) groups is 4. The van der Waals surface area contributed by atoms with Crippen LogP contribution in [0, 0.1) is 0 Å². The molecule has 2 aromatic rings. The van der Waals surface area contributed by atoms with Gasteiger partial charge in [0, 0.05) is 24.2 Å². The lowest BCUT2D eigenvalue weighted by atomic mass is 10.1. The fourth-order valence-electron chi connectivity index (χ4n) is 5.36. The number of hydrogen-bond donors (Lipinski definition) is 2. The zero-order chi connectivity index (χ0) is 31.3. The van der Waals surface area contributed by atoms with Gasteiger partial charge in [0.1, 0.15) is 0 Å². The van der Waals surface area contributed by atoms with Crippen molar-refractivity contribution in [2.24, 2.45) is 0 Å². The van der Waals surface area contributed by atoms with Gasteiger partial charge >= 0.3 is 12.1 Å². The highest BCUT2D eigenvalue weighted by atomic mass is 32.2. The fourth-order valence-corrected chi connectivity index (χ4v) is 6.62. The van der Waals surface area contributed by atoms with Gasteiger partial charge in [-0.05, 0) is 86.1 Å². The third-order valence-electron chi connectivity index (χ3n) is 7.87. The second-order valence-electron chi connectivity index (χ2n) is 10.8.